The van der Waals surface area contributed by atoms with Crippen molar-refractivity contribution in [3.8, 4) is 11.3 Å². The van der Waals surface area contributed by atoms with Gasteiger partial charge in [-0.05, 0) is 18.2 Å². The smallest absolute Gasteiger partial charge is 0.154 e. The van der Waals surface area contributed by atoms with Crippen molar-refractivity contribution >= 4 is 22.5 Å². The number of rotatable bonds is 5. The molecule has 0 aliphatic carbocycles. The molecule has 0 amide bonds. The van der Waals surface area contributed by atoms with Crippen LogP contribution < -0.4 is 16.0 Å². The summed E-state index contributed by atoms with van der Waals surface area (Å²) in [6.45, 7) is 3.15. The molecule has 0 spiro atoms. The highest BCUT2D eigenvalue weighted by atomic mass is 16.5. The third-order valence-corrected chi connectivity index (χ3v) is 4.43. The van der Waals surface area contributed by atoms with Gasteiger partial charge in [0.15, 0.2) is 5.82 Å². The number of nitrogens with zero attached hydrogens (tertiary/aromatic N) is 3. The van der Waals surface area contributed by atoms with Crippen molar-refractivity contribution in [3.63, 3.8) is 0 Å². The van der Waals surface area contributed by atoms with E-state index in [0.717, 1.165) is 53.5 Å². The number of fused-ring (bicyclic) bond motifs is 1. The predicted molar refractivity (Wildman–Crippen MR) is 103 cm³/mol. The van der Waals surface area contributed by atoms with E-state index in [2.05, 4.69) is 25.9 Å². The molecular formula is C19H22N6O. The minimum atomic E-state index is 0.121. The Labute approximate surface area is 152 Å². The van der Waals surface area contributed by atoms with Gasteiger partial charge in [-0.15, -0.1) is 0 Å². The monoisotopic (exact) mass is 350 g/mol. The number of aromatic nitrogens is 3. The third-order valence-electron chi connectivity index (χ3n) is 4.43. The number of pyridine rings is 1. The van der Waals surface area contributed by atoms with Crippen LogP contribution >= 0.6 is 0 Å². The van der Waals surface area contributed by atoms with Gasteiger partial charge >= 0.3 is 0 Å². The quantitative estimate of drug-likeness (QED) is 0.650. The van der Waals surface area contributed by atoms with Gasteiger partial charge in [0.2, 0.25) is 0 Å². The molecule has 134 valence electrons. The third kappa shape index (κ3) is 3.58. The molecule has 3 aromatic rings. The van der Waals surface area contributed by atoms with E-state index < -0.39 is 0 Å². The van der Waals surface area contributed by atoms with E-state index in [1.807, 2.05) is 37.4 Å². The molecule has 4 rings (SSSR count). The van der Waals surface area contributed by atoms with Crippen molar-refractivity contribution in [1.29, 1.82) is 0 Å². The first kappa shape index (κ1) is 16.7. The molecule has 1 fully saturated rings. The second kappa shape index (κ2) is 7.63. The fourth-order valence-electron chi connectivity index (χ4n) is 3.01. The summed E-state index contributed by atoms with van der Waals surface area (Å²) in [5.41, 5.74) is 4.56. The lowest BCUT2D eigenvalue weighted by Gasteiger charge is -2.24. The van der Waals surface area contributed by atoms with E-state index in [9.17, 15) is 0 Å². The lowest BCUT2D eigenvalue weighted by Crippen LogP contribution is -2.42. The first-order valence-corrected chi connectivity index (χ1v) is 8.79. The van der Waals surface area contributed by atoms with Crippen molar-refractivity contribution < 1.29 is 4.74 Å². The molecule has 0 radical (unpaired) electrons. The van der Waals surface area contributed by atoms with Crippen LogP contribution in [0.25, 0.3) is 22.3 Å². The Morgan fingerprint density at radius 1 is 1.19 bits per heavy atom. The Bertz CT molecular complexity index is 877. The lowest BCUT2D eigenvalue weighted by atomic mass is 10.1. The highest BCUT2D eigenvalue weighted by Gasteiger charge is 2.15. The molecular weight excluding hydrogens is 328 g/mol. The van der Waals surface area contributed by atoms with Crippen molar-refractivity contribution in [2.24, 2.45) is 0 Å². The molecule has 26 heavy (non-hydrogen) atoms. The summed E-state index contributed by atoms with van der Waals surface area (Å²) >= 11 is 0. The van der Waals surface area contributed by atoms with Crippen LogP contribution in [0.15, 0.2) is 42.7 Å². The summed E-state index contributed by atoms with van der Waals surface area (Å²) in [6, 6.07) is 10.1. The van der Waals surface area contributed by atoms with Crippen LogP contribution in [0.3, 0.4) is 0 Å². The maximum Gasteiger partial charge on any atom is 0.154 e. The van der Waals surface area contributed by atoms with E-state index >= 15 is 0 Å². The molecule has 3 heterocycles. The molecule has 2 aromatic heterocycles. The summed E-state index contributed by atoms with van der Waals surface area (Å²) in [7, 11) is 1.91. The summed E-state index contributed by atoms with van der Waals surface area (Å²) in [4.78, 5) is 13.7. The van der Waals surface area contributed by atoms with Crippen molar-refractivity contribution in [3.05, 3.63) is 42.7 Å². The largest absolute Gasteiger partial charge is 0.388 e. The van der Waals surface area contributed by atoms with Gasteiger partial charge < -0.3 is 20.7 Å². The number of ether oxygens (including phenoxy) is 1. The van der Waals surface area contributed by atoms with E-state index in [1.165, 1.54) is 0 Å². The number of hydrogen-bond acceptors (Lipinski definition) is 7. The average Bonchev–Trinajstić information content (AvgIpc) is 2.72. The maximum absolute atomic E-state index is 5.76. The summed E-state index contributed by atoms with van der Waals surface area (Å²) < 4.78 is 5.76. The molecule has 1 unspecified atom stereocenters. The van der Waals surface area contributed by atoms with Crippen molar-refractivity contribution in [1.82, 2.24) is 20.3 Å². The van der Waals surface area contributed by atoms with Crippen LogP contribution in [-0.4, -0.2) is 54.3 Å². The molecule has 1 aliphatic rings. The second-order valence-electron chi connectivity index (χ2n) is 6.19. The number of anilines is 2. The van der Waals surface area contributed by atoms with Crippen LogP contribution in [-0.2, 0) is 4.74 Å². The van der Waals surface area contributed by atoms with E-state index in [1.54, 1.807) is 12.4 Å². The van der Waals surface area contributed by atoms with Crippen LogP contribution in [0, 0.1) is 0 Å². The van der Waals surface area contributed by atoms with Gasteiger partial charge in [0, 0.05) is 50.3 Å². The van der Waals surface area contributed by atoms with E-state index in [0.29, 0.717) is 6.54 Å². The summed E-state index contributed by atoms with van der Waals surface area (Å²) in [6.07, 6.45) is 3.51. The summed E-state index contributed by atoms with van der Waals surface area (Å²) in [5.74, 6) is 0.734. The maximum atomic E-state index is 5.76. The Morgan fingerprint density at radius 3 is 2.81 bits per heavy atom. The van der Waals surface area contributed by atoms with Gasteiger partial charge in [0.25, 0.3) is 0 Å². The molecule has 7 nitrogen and oxygen atoms in total. The molecule has 1 aliphatic heterocycles. The molecule has 0 bridgehead atoms. The van der Waals surface area contributed by atoms with Gasteiger partial charge in [-0.3, -0.25) is 4.98 Å². The first-order valence-electron chi connectivity index (χ1n) is 8.79. The van der Waals surface area contributed by atoms with Gasteiger partial charge in [0.05, 0.1) is 23.9 Å². The first-order chi connectivity index (χ1) is 12.8. The topological polar surface area (TPSA) is 84.0 Å². The lowest BCUT2D eigenvalue weighted by molar-refractivity contribution is 0.0372. The van der Waals surface area contributed by atoms with Gasteiger partial charge in [-0.25, -0.2) is 9.97 Å². The Balaban J connectivity index is 1.65. The SMILES string of the molecule is CNc1ccc(-c2cc3nccnc3c(NCC3CNCCO3)n2)cc1. The van der Waals surface area contributed by atoms with Crippen molar-refractivity contribution in [2.45, 2.75) is 6.10 Å². The minimum Gasteiger partial charge on any atom is -0.388 e. The fraction of sp³-hybridized carbons (Fsp3) is 0.316. The predicted octanol–water partition coefficient (Wildman–Crippen LogP) is 2.13. The van der Waals surface area contributed by atoms with Gasteiger partial charge in [-0.1, -0.05) is 12.1 Å². The molecule has 1 atom stereocenters. The van der Waals surface area contributed by atoms with Crippen LogP contribution in [0.4, 0.5) is 11.5 Å². The van der Waals surface area contributed by atoms with Crippen LogP contribution in [0.2, 0.25) is 0 Å². The summed E-state index contributed by atoms with van der Waals surface area (Å²) in [5, 5.41) is 9.86. The Hall–Kier alpha value is -2.77. The zero-order valence-corrected chi connectivity index (χ0v) is 14.7. The second-order valence-corrected chi connectivity index (χ2v) is 6.19. The zero-order valence-electron chi connectivity index (χ0n) is 14.7. The highest BCUT2D eigenvalue weighted by molar-refractivity contribution is 5.88. The van der Waals surface area contributed by atoms with Gasteiger partial charge in [0.1, 0.15) is 5.52 Å². The van der Waals surface area contributed by atoms with Crippen LogP contribution in [0.1, 0.15) is 0 Å². The molecule has 1 aromatic carbocycles. The molecule has 3 N–H and O–H groups in total. The average molecular weight is 350 g/mol. The molecule has 7 heteroatoms. The molecule has 1 saturated heterocycles. The standard InChI is InChI=1S/C19H22N6O/c1-20-14-4-2-13(3-5-14)16-10-17-18(23-7-6-22-17)19(25-16)24-12-15-11-21-8-9-26-15/h2-7,10,15,20-21H,8-9,11-12H2,1H3,(H,24,25). The van der Waals surface area contributed by atoms with Crippen LogP contribution in [0.5, 0.6) is 0 Å². The zero-order chi connectivity index (χ0) is 17.8. The Kier molecular flexibility index (Phi) is 4.90. The number of nitrogens with one attached hydrogen (secondary N) is 3. The van der Waals surface area contributed by atoms with Gasteiger partial charge in [-0.2, -0.15) is 0 Å². The minimum absolute atomic E-state index is 0.121. The highest BCUT2D eigenvalue weighted by Crippen LogP contribution is 2.26. The fourth-order valence-corrected chi connectivity index (χ4v) is 3.01. The Morgan fingerprint density at radius 2 is 2.04 bits per heavy atom. The normalized spacial score (nSPS) is 17.2. The number of morpholine rings is 1. The number of benzene rings is 1. The van der Waals surface area contributed by atoms with E-state index in [4.69, 9.17) is 9.72 Å². The number of hydrogen-bond donors (Lipinski definition) is 3. The molecule has 0 saturated carbocycles. The van der Waals surface area contributed by atoms with Crippen molar-refractivity contribution in [2.75, 3.05) is 43.9 Å². The van der Waals surface area contributed by atoms with E-state index in [-0.39, 0.29) is 6.10 Å².